The fourth-order valence-corrected chi connectivity index (χ4v) is 5.47. The van der Waals surface area contributed by atoms with E-state index in [0.717, 1.165) is 40.0 Å². The fraction of sp³-hybridized carbons (Fsp3) is 0.333. The Labute approximate surface area is 188 Å². The van der Waals surface area contributed by atoms with E-state index in [4.69, 9.17) is 4.98 Å². The summed E-state index contributed by atoms with van der Waals surface area (Å²) in [5, 5.41) is 7.32. The Morgan fingerprint density at radius 1 is 1.12 bits per heavy atom. The maximum absolute atomic E-state index is 12.7. The van der Waals surface area contributed by atoms with Crippen molar-refractivity contribution in [2.45, 2.75) is 31.7 Å². The van der Waals surface area contributed by atoms with E-state index in [0.29, 0.717) is 31.1 Å². The zero-order chi connectivity index (χ0) is 22.7. The van der Waals surface area contributed by atoms with Crippen LogP contribution in [0.3, 0.4) is 0 Å². The molecular formula is C24H28N4O3S. The van der Waals surface area contributed by atoms with E-state index in [1.807, 2.05) is 42.2 Å². The van der Waals surface area contributed by atoms with Gasteiger partial charge in [0.1, 0.15) is 5.82 Å². The molecule has 1 aliphatic heterocycles. The van der Waals surface area contributed by atoms with E-state index in [2.05, 4.69) is 16.7 Å². The average Bonchev–Trinajstić information content (AvgIpc) is 2.89. The second kappa shape index (κ2) is 9.16. The molecule has 1 aliphatic rings. The summed E-state index contributed by atoms with van der Waals surface area (Å²) in [7, 11) is -3.32. The van der Waals surface area contributed by atoms with Crippen LogP contribution in [0.2, 0.25) is 0 Å². The SMILES string of the molecule is CC(=O)NCCCNc1cc(N2CCS(=O)(=O)c3ccccc3C2)nc2ccc(C)cc12. The maximum Gasteiger partial charge on any atom is 0.216 e. The number of aryl methyl sites for hydroxylation is 1. The standard InChI is InChI=1S/C24H28N4O3S/c1-17-8-9-21-20(14-17)22(26-11-5-10-25-18(2)29)15-24(27-21)28-12-13-32(30,31)23-7-4-3-6-19(23)16-28/h3-4,6-9,14-15H,5,10-13,16H2,1-2H3,(H,25,29)(H,26,27). The Morgan fingerprint density at radius 2 is 1.94 bits per heavy atom. The minimum Gasteiger partial charge on any atom is -0.384 e. The molecule has 2 N–H and O–H groups in total. The van der Waals surface area contributed by atoms with E-state index < -0.39 is 9.84 Å². The number of rotatable bonds is 6. The predicted molar refractivity (Wildman–Crippen MR) is 128 cm³/mol. The van der Waals surface area contributed by atoms with Crippen LogP contribution in [0.1, 0.15) is 24.5 Å². The van der Waals surface area contributed by atoms with Gasteiger partial charge in [0, 0.05) is 50.2 Å². The number of nitrogens with zero attached hydrogens (tertiary/aromatic N) is 2. The topological polar surface area (TPSA) is 91.4 Å². The summed E-state index contributed by atoms with van der Waals surface area (Å²) in [6.07, 6.45) is 0.792. The Bertz CT molecular complexity index is 1260. The monoisotopic (exact) mass is 452 g/mol. The lowest BCUT2D eigenvalue weighted by Crippen LogP contribution is -2.26. The van der Waals surface area contributed by atoms with Crippen molar-refractivity contribution < 1.29 is 13.2 Å². The first-order valence-electron chi connectivity index (χ1n) is 10.8. The van der Waals surface area contributed by atoms with Crippen molar-refractivity contribution in [3.05, 3.63) is 59.7 Å². The maximum atomic E-state index is 12.7. The van der Waals surface area contributed by atoms with Crippen LogP contribution in [0.25, 0.3) is 10.9 Å². The number of amides is 1. The van der Waals surface area contributed by atoms with Crippen molar-refractivity contribution in [2.24, 2.45) is 0 Å². The number of carbonyl (C=O) groups excluding carboxylic acids is 1. The molecule has 1 amide bonds. The highest BCUT2D eigenvalue weighted by Gasteiger charge is 2.26. The van der Waals surface area contributed by atoms with Crippen LogP contribution in [0, 0.1) is 6.92 Å². The summed E-state index contributed by atoms with van der Waals surface area (Å²) in [6, 6.07) is 15.3. The van der Waals surface area contributed by atoms with Gasteiger partial charge in [-0.1, -0.05) is 29.8 Å². The summed E-state index contributed by atoms with van der Waals surface area (Å²) < 4.78 is 25.5. The van der Waals surface area contributed by atoms with Crippen LogP contribution in [-0.4, -0.2) is 44.7 Å². The molecule has 0 atom stereocenters. The van der Waals surface area contributed by atoms with Crippen molar-refractivity contribution in [3.8, 4) is 0 Å². The lowest BCUT2D eigenvalue weighted by Gasteiger charge is -2.23. The van der Waals surface area contributed by atoms with Crippen molar-refractivity contribution in [1.82, 2.24) is 10.3 Å². The lowest BCUT2D eigenvalue weighted by molar-refractivity contribution is -0.118. The van der Waals surface area contributed by atoms with E-state index in [9.17, 15) is 13.2 Å². The third-order valence-corrected chi connectivity index (χ3v) is 7.40. The molecule has 8 heteroatoms. The van der Waals surface area contributed by atoms with Crippen molar-refractivity contribution in [1.29, 1.82) is 0 Å². The molecule has 1 aromatic heterocycles. The zero-order valence-electron chi connectivity index (χ0n) is 18.4. The molecule has 2 heterocycles. The van der Waals surface area contributed by atoms with Crippen molar-refractivity contribution >= 4 is 38.2 Å². The van der Waals surface area contributed by atoms with Crippen molar-refractivity contribution in [2.75, 3.05) is 35.6 Å². The highest BCUT2D eigenvalue weighted by molar-refractivity contribution is 7.91. The van der Waals surface area contributed by atoms with E-state index in [-0.39, 0.29) is 11.7 Å². The number of benzene rings is 2. The molecule has 2 aromatic carbocycles. The number of anilines is 2. The highest BCUT2D eigenvalue weighted by Crippen LogP contribution is 2.31. The third-order valence-electron chi connectivity index (χ3n) is 5.62. The number of sulfone groups is 1. The van der Waals surface area contributed by atoms with Crippen LogP contribution >= 0.6 is 0 Å². The number of fused-ring (bicyclic) bond motifs is 2. The minimum absolute atomic E-state index is 0.0336. The third kappa shape index (κ3) is 4.85. The molecule has 32 heavy (non-hydrogen) atoms. The van der Waals surface area contributed by atoms with Crippen LogP contribution in [-0.2, 0) is 21.2 Å². The molecule has 0 unspecified atom stereocenters. The van der Waals surface area contributed by atoms with Gasteiger partial charge < -0.3 is 15.5 Å². The average molecular weight is 453 g/mol. The largest absolute Gasteiger partial charge is 0.384 e. The van der Waals surface area contributed by atoms with Gasteiger partial charge in [-0.2, -0.15) is 0 Å². The molecule has 0 spiro atoms. The first kappa shape index (κ1) is 22.1. The summed E-state index contributed by atoms with van der Waals surface area (Å²) >= 11 is 0. The summed E-state index contributed by atoms with van der Waals surface area (Å²) in [5.41, 5.74) is 3.75. The van der Waals surface area contributed by atoms with Crippen LogP contribution in [0.4, 0.5) is 11.5 Å². The Balaban J connectivity index is 1.65. The number of hydrogen-bond acceptors (Lipinski definition) is 6. The first-order chi connectivity index (χ1) is 15.3. The number of pyridine rings is 1. The number of carbonyl (C=O) groups is 1. The van der Waals surface area contributed by atoms with E-state index in [1.54, 1.807) is 12.1 Å². The molecule has 4 rings (SSSR count). The van der Waals surface area contributed by atoms with Crippen molar-refractivity contribution in [3.63, 3.8) is 0 Å². The molecule has 7 nitrogen and oxygen atoms in total. The molecule has 0 aliphatic carbocycles. The van der Waals surface area contributed by atoms with Gasteiger partial charge in [-0.3, -0.25) is 4.79 Å². The molecule has 3 aromatic rings. The highest BCUT2D eigenvalue weighted by atomic mass is 32.2. The molecule has 0 bridgehead atoms. The van der Waals surface area contributed by atoms with Gasteiger partial charge >= 0.3 is 0 Å². The van der Waals surface area contributed by atoms with E-state index in [1.165, 1.54) is 6.92 Å². The Morgan fingerprint density at radius 3 is 2.75 bits per heavy atom. The second-order valence-electron chi connectivity index (χ2n) is 8.16. The molecule has 0 saturated carbocycles. The Hall–Kier alpha value is -3.13. The number of hydrogen-bond donors (Lipinski definition) is 2. The zero-order valence-corrected chi connectivity index (χ0v) is 19.2. The van der Waals surface area contributed by atoms with E-state index >= 15 is 0 Å². The molecule has 0 fully saturated rings. The predicted octanol–water partition coefficient (Wildman–Crippen LogP) is 3.28. The van der Waals surface area contributed by atoms with Crippen LogP contribution in [0.5, 0.6) is 0 Å². The molecule has 0 radical (unpaired) electrons. The fourth-order valence-electron chi connectivity index (χ4n) is 3.97. The summed E-state index contributed by atoms with van der Waals surface area (Å²) in [4.78, 5) is 18.4. The quantitative estimate of drug-likeness (QED) is 0.558. The molecule has 168 valence electrons. The van der Waals surface area contributed by atoms with Crippen LogP contribution < -0.4 is 15.5 Å². The lowest BCUT2D eigenvalue weighted by atomic mass is 10.1. The van der Waals surface area contributed by atoms with Gasteiger partial charge in [-0.05, 0) is 37.1 Å². The summed E-state index contributed by atoms with van der Waals surface area (Å²) in [5.74, 6) is 0.767. The van der Waals surface area contributed by atoms with Gasteiger partial charge in [-0.15, -0.1) is 0 Å². The van der Waals surface area contributed by atoms with Gasteiger partial charge in [0.15, 0.2) is 9.84 Å². The minimum atomic E-state index is -3.32. The second-order valence-corrected chi connectivity index (χ2v) is 10.2. The molecule has 0 saturated heterocycles. The Kier molecular flexibility index (Phi) is 6.32. The molecular weight excluding hydrogens is 424 g/mol. The van der Waals surface area contributed by atoms with Gasteiger partial charge in [0.2, 0.25) is 5.91 Å². The normalized spacial score (nSPS) is 15.1. The number of aromatic nitrogens is 1. The smallest absolute Gasteiger partial charge is 0.216 e. The van der Waals surface area contributed by atoms with Gasteiger partial charge in [0.25, 0.3) is 0 Å². The number of nitrogens with one attached hydrogen (secondary N) is 2. The van der Waals surface area contributed by atoms with Gasteiger partial charge in [-0.25, -0.2) is 13.4 Å². The first-order valence-corrected chi connectivity index (χ1v) is 12.4. The van der Waals surface area contributed by atoms with Gasteiger partial charge in [0.05, 0.1) is 16.2 Å². The van der Waals surface area contributed by atoms with Crippen LogP contribution in [0.15, 0.2) is 53.4 Å². The summed E-state index contributed by atoms with van der Waals surface area (Å²) in [6.45, 7) is 5.73.